The van der Waals surface area contributed by atoms with E-state index in [2.05, 4.69) is 13.1 Å². The number of thioether (sulfide) groups is 1. The lowest BCUT2D eigenvalue weighted by molar-refractivity contribution is -0.895. The maximum Gasteiger partial charge on any atom is 0.316 e. The molecule has 1 unspecified atom stereocenters. The van der Waals surface area contributed by atoms with E-state index in [9.17, 15) is 10.1 Å². The summed E-state index contributed by atoms with van der Waals surface area (Å²) in [7, 11) is 2.17. The molecule has 1 aliphatic rings. The lowest BCUT2D eigenvalue weighted by atomic mass is 9.96. The number of hydrogen-bond acceptors (Lipinski definition) is 6. The first-order valence-corrected chi connectivity index (χ1v) is 11.7. The minimum atomic E-state index is -0.311. The van der Waals surface area contributed by atoms with E-state index >= 15 is 0 Å². The maximum absolute atomic E-state index is 12.3. The van der Waals surface area contributed by atoms with E-state index in [4.69, 9.17) is 9.72 Å². The van der Waals surface area contributed by atoms with Crippen molar-refractivity contribution in [2.24, 2.45) is 0 Å². The van der Waals surface area contributed by atoms with Gasteiger partial charge in [0.25, 0.3) is 0 Å². The van der Waals surface area contributed by atoms with Crippen molar-refractivity contribution in [1.82, 2.24) is 4.98 Å². The Morgan fingerprint density at radius 3 is 2.87 bits per heavy atom. The Labute approximate surface area is 184 Å². The second kappa shape index (κ2) is 9.43. The Morgan fingerprint density at radius 2 is 2.13 bits per heavy atom. The number of fused-ring (bicyclic) bond motifs is 1. The van der Waals surface area contributed by atoms with Crippen molar-refractivity contribution >= 4 is 29.1 Å². The summed E-state index contributed by atoms with van der Waals surface area (Å²) in [6.07, 6.45) is 0.872. The normalized spacial score (nSPS) is 15.3. The Kier molecular flexibility index (Phi) is 6.48. The van der Waals surface area contributed by atoms with Gasteiger partial charge in [-0.2, -0.15) is 5.26 Å². The number of nitrogens with zero attached hydrogens (tertiary/aromatic N) is 2. The van der Waals surface area contributed by atoms with Crippen LogP contribution in [-0.2, 0) is 29.1 Å². The summed E-state index contributed by atoms with van der Waals surface area (Å²) in [5, 5.41) is 12.6. The minimum absolute atomic E-state index is 0.127. The molecule has 0 saturated heterocycles. The monoisotopic (exact) mass is 436 g/mol. The van der Waals surface area contributed by atoms with Crippen molar-refractivity contribution in [2.45, 2.75) is 24.6 Å². The molecule has 0 spiro atoms. The Morgan fingerprint density at radius 1 is 1.30 bits per heavy atom. The molecule has 2 aromatic heterocycles. The fourth-order valence-corrected chi connectivity index (χ4v) is 5.18. The van der Waals surface area contributed by atoms with Gasteiger partial charge in [0.2, 0.25) is 0 Å². The smallest absolute Gasteiger partial charge is 0.316 e. The van der Waals surface area contributed by atoms with E-state index in [0.717, 1.165) is 46.8 Å². The Bertz CT molecular complexity index is 1080. The van der Waals surface area contributed by atoms with Crippen molar-refractivity contribution in [3.05, 3.63) is 70.2 Å². The first-order valence-electron chi connectivity index (χ1n) is 9.79. The second-order valence-corrected chi connectivity index (χ2v) is 9.16. The molecule has 0 amide bonds. The van der Waals surface area contributed by atoms with E-state index < -0.39 is 0 Å². The van der Waals surface area contributed by atoms with E-state index in [1.165, 1.54) is 16.7 Å². The average Bonchev–Trinajstić information content (AvgIpc) is 3.30. The van der Waals surface area contributed by atoms with Gasteiger partial charge in [0, 0.05) is 22.4 Å². The van der Waals surface area contributed by atoms with Crippen LogP contribution in [0.25, 0.3) is 10.4 Å². The highest BCUT2D eigenvalue weighted by atomic mass is 32.2. The number of quaternary nitrogens is 1. The molecule has 30 heavy (non-hydrogen) atoms. The van der Waals surface area contributed by atoms with Crippen LogP contribution in [0.3, 0.4) is 0 Å². The SMILES string of the molecule is C[NH+]1CCc2nc(SCC(=O)OCc3ccccc3)c(C#N)c(-c3cccs3)c2C1. The summed E-state index contributed by atoms with van der Waals surface area (Å²) < 4.78 is 5.38. The Balaban J connectivity index is 1.57. The number of thiophene rings is 1. The summed E-state index contributed by atoms with van der Waals surface area (Å²) in [5.41, 5.74) is 4.70. The van der Waals surface area contributed by atoms with Gasteiger partial charge < -0.3 is 9.64 Å². The van der Waals surface area contributed by atoms with Gasteiger partial charge in [-0.15, -0.1) is 11.3 Å². The van der Waals surface area contributed by atoms with Crippen LogP contribution in [-0.4, -0.2) is 30.3 Å². The molecule has 0 aliphatic carbocycles. The lowest BCUT2D eigenvalue weighted by Crippen LogP contribution is -3.08. The van der Waals surface area contributed by atoms with Gasteiger partial charge in [0.15, 0.2) is 0 Å². The van der Waals surface area contributed by atoms with Crippen LogP contribution >= 0.6 is 23.1 Å². The molecule has 3 aromatic rings. The molecule has 4 rings (SSSR count). The highest BCUT2D eigenvalue weighted by Gasteiger charge is 2.27. The van der Waals surface area contributed by atoms with E-state index in [1.54, 1.807) is 11.3 Å². The maximum atomic E-state index is 12.3. The fraction of sp³-hybridized carbons (Fsp3) is 0.261. The van der Waals surface area contributed by atoms with Crippen molar-refractivity contribution in [2.75, 3.05) is 19.3 Å². The molecule has 0 saturated carbocycles. The van der Waals surface area contributed by atoms with Crippen molar-refractivity contribution in [1.29, 1.82) is 5.26 Å². The van der Waals surface area contributed by atoms with Gasteiger partial charge in [0.05, 0.1) is 30.6 Å². The summed E-state index contributed by atoms with van der Waals surface area (Å²) in [5.74, 6) is -0.184. The highest BCUT2D eigenvalue weighted by molar-refractivity contribution is 7.99. The topological polar surface area (TPSA) is 67.4 Å². The third kappa shape index (κ3) is 4.57. The molecule has 0 radical (unpaired) electrons. The quantitative estimate of drug-likeness (QED) is 0.475. The predicted molar refractivity (Wildman–Crippen MR) is 118 cm³/mol. The molecule has 3 heterocycles. The molecule has 0 fully saturated rings. The van der Waals surface area contributed by atoms with Crippen LogP contribution in [0.2, 0.25) is 0 Å². The van der Waals surface area contributed by atoms with E-state index in [-0.39, 0.29) is 18.3 Å². The number of esters is 1. The van der Waals surface area contributed by atoms with Crippen LogP contribution in [0.1, 0.15) is 22.4 Å². The summed E-state index contributed by atoms with van der Waals surface area (Å²) in [6.45, 7) is 2.12. The molecule has 1 aliphatic heterocycles. The van der Waals surface area contributed by atoms with Gasteiger partial charge in [-0.25, -0.2) is 4.98 Å². The number of likely N-dealkylation sites (N-methyl/N-ethyl adjacent to an activating group) is 1. The van der Waals surface area contributed by atoms with E-state index in [1.807, 2.05) is 47.8 Å². The molecular weight excluding hydrogens is 414 g/mol. The number of aromatic nitrogens is 1. The third-order valence-corrected chi connectivity index (χ3v) is 6.90. The van der Waals surface area contributed by atoms with Crippen molar-refractivity contribution in [3.8, 4) is 16.5 Å². The van der Waals surface area contributed by atoms with Gasteiger partial charge in [0.1, 0.15) is 24.2 Å². The average molecular weight is 437 g/mol. The zero-order chi connectivity index (χ0) is 20.9. The van der Waals surface area contributed by atoms with Crippen LogP contribution in [0.15, 0.2) is 52.9 Å². The number of ether oxygens (including phenoxy) is 1. The number of nitrogens with one attached hydrogen (secondary N) is 1. The zero-order valence-electron chi connectivity index (χ0n) is 16.7. The molecule has 0 bridgehead atoms. The molecule has 1 aromatic carbocycles. The minimum Gasteiger partial charge on any atom is -0.460 e. The lowest BCUT2D eigenvalue weighted by Gasteiger charge is -2.25. The van der Waals surface area contributed by atoms with Gasteiger partial charge in [-0.3, -0.25) is 4.79 Å². The molecule has 7 heteroatoms. The fourth-order valence-electron chi connectivity index (χ4n) is 3.58. The zero-order valence-corrected chi connectivity index (χ0v) is 18.3. The first-order chi connectivity index (χ1) is 14.7. The number of benzene rings is 1. The number of pyridine rings is 1. The standard InChI is InChI=1S/C23H21N3O2S2/c1-26-10-9-19-18(13-26)22(20-8-5-11-29-20)17(12-24)23(25-19)30-15-21(27)28-14-16-6-3-2-4-7-16/h2-8,11H,9-10,13-15H2,1H3/p+1. The molecular formula is C23H22N3O2S2+. The summed E-state index contributed by atoms with van der Waals surface area (Å²) >= 11 is 2.92. The highest BCUT2D eigenvalue weighted by Crippen LogP contribution is 2.37. The largest absolute Gasteiger partial charge is 0.460 e. The van der Waals surface area contributed by atoms with Crippen LogP contribution in [0.5, 0.6) is 0 Å². The van der Waals surface area contributed by atoms with E-state index in [0.29, 0.717) is 10.6 Å². The second-order valence-electron chi connectivity index (χ2n) is 7.25. The molecule has 152 valence electrons. The Hall–Kier alpha value is -2.66. The number of carbonyl (C=O) groups is 1. The summed E-state index contributed by atoms with van der Waals surface area (Å²) in [6, 6.07) is 16.0. The van der Waals surface area contributed by atoms with Crippen molar-refractivity contribution in [3.63, 3.8) is 0 Å². The van der Waals surface area contributed by atoms with Crippen molar-refractivity contribution < 1.29 is 14.4 Å². The summed E-state index contributed by atoms with van der Waals surface area (Å²) in [4.78, 5) is 19.6. The number of hydrogen-bond donors (Lipinski definition) is 1. The van der Waals surface area contributed by atoms with Crippen LogP contribution < -0.4 is 4.90 Å². The number of carbonyl (C=O) groups excluding carboxylic acids is 1. The molecule has 5 nitrogen and oxygen atoms in total. The predicted octanol–water partition coefficient (Wildman–Crippen LogP) is 3.09. The van der Waals surface area contributed by atoms with Crippen LogP contribution in [0, 0.1) is 11.3 Å². The number of nitriles is 1. The van der Waals surface area contributed by atoms with Gasteiger partial charge in [-0.1, -0.05) is 48.2 Å². The molecule has 1 N–H and O–H groups in total. The first kappa shape index (κ1) is 20.6. The molecule has 1 atom stereocenters. The third-order valence-electron chi connectivity index (χ3n) is 5.07. The van der Waals surface area contributed by atoms with Gasteiger partial charge in [-0.05, 0) is 17.0 Å². The van der Waals surface area contributed by atoms with Crippen LogP contribution in [0.4, 0.5) is 0 Å². The number of rotatable bonds is 6. The van der Waals surface area contributed by atoms with Gasteiger partial charge >= 0.3 is 5.97 Å².